The quantitative estimate of drug-likeness (QED) is 0.394. The molecule has 0 aliphatic heterocycles. The Morgan fingerprint density at radius 3 is 0.862 bits per heavy atom. The van der Waals surface area contributed by atoms with Crippen molar-refractivity contribution in [3.05, 3.63) is 0 Å². The molecule has 0 fully saturated rings. The van der Waals surface area contributed by atoms with Crippen molar-refractivity contribution in [3.63, 3.8) is 0 Å². The monoisotopic (exact) mass is 486 g/mol. The Morgan fingerprint density at radius 1 is 0.448 bits per heavy atom. The molecule has 0 unspecified atom stereocenters. The van der Waals surface area contributed by atoms with Crippen LogP contribution in [0.1, 0.15) is 0 Å². The Morgan fingerprint density at radius 2 is 0.655 bits per heavy atom. The molecule has 0 rings (SSSR count). The van der Waals surface area contributed by atoms with Crippen molar-refractivity contribution >= 4 is 5.97 Å². The van der Waals surface area contributed by atoms with Gasteiger partial charge in [-0.2, -0.15) is 74.6 Å². The molecule has 0 radical (unpaired) electrons. The maximum Gasteiger partial charge on any atom is 1.00 e. The van der Waals surface area contributed by atoms with E-state index in [0.29, 0.717) is 0 Å². The largest absolute Gasteiger partial charge is 1.00 e. The topological polar surface area (TPSA) is 40.1 Å². The Hall–Kier alpha value is -0.720. The Labute approximate surface area is 168 Å². The van der Waals surface area contributed by atoms with E-state index in [-0.39, 0.29) is 29.6 Å². The first kappa shape index (κ1) is 30.5. The predicted octanol–water partition coefficient (Wildman–Crippen LogP) is 0.750. The average Bonchev–Trinajstić information content (AvgIpc) is 2.44. The second-order valence-electron chi connectivity index (χ2n) is 4.81. The summed E-state index contributed by atoms with van der Waals surface area (Å²) in [5, 5.41) is 9.65. The van der Waals surface area contributed by atoms with Gasteiger partial charge >= 0.3 is 77.2 Å². The van der Waals surface area contributed by atoms with Crippen molar-refractivity contribution in [1.82, 2.24) is 0 Å². The van der Waals surface area contributed by atoms with Gasteiger partial charge in [-0.25, -0.2) is 0 Å². The van der Waals surface area contributed by atoms with E-state index in [0.717, 1.165) is 0 Å². The predicted molar refractivity (Wildman–Crippen MR) is 45.7 cm³/mol. The molecule has 0 aromatic rings. The van der Waals surface area contributed by atoms with E-state index in [1.54, 1.807) is 0 Å². The normalized spacial score (nSPS) is 15.8. The summed E-state index contributed by atoms with van der Waals surface area (Å²) >= 11 is 0. The van der Waals surface area contributed by atoms with Crippen molar-refractivity contribution < 1.29 is 114 Å². The molecule has 0 aromatic carbocycles. The van der Waals surface area contributed by atoms with E-state index < -0.39 is 53.6 Å². The number of alkyl halides is 17. The zero-order chi connectivity index (χ0) is 23.6. The van der Waals surface area contributed by atoms with Crippen molar-refractivity contribution in [2.45, 2.75) is 47.6 Å². The van der Waals surface area contributed by atoms with Crippen molar-refractivity contribution in [2.75, 3.05) is 0 Å². The van der Waals surface area contributed by atoms with Crippen LogP contribution in [0.3, 0.4) is 0 Å². The Bertz CT molecular complexity index is 621. The maximum atomic E-state index is 13.0. The van der Waals surface area contributed by atoms with Gasteiger partial charge in [-0.3, -0.25) is 0 Å². The third-order valence-electron chi connectivity index (χ3n) is 2.98. The summed E-state index contributed by atoms with van der Waals surface area (Å²) in [5.74, 6) is -63.5. The summed E-state index contributed by atoms with van der Waals surface area (Å²) in [5.41, 5.74) is 0. The number of carboxylic acid groups (broad SMARTS) is 1. The SMILES string of the molecule is O=C([O-])C(F)(F)C(F)(F)C(F)(F)C(F)(F)C(F)(F)C(F)(F)C(F)(F)C(F)(F)F.[Na+]. The second kappa shape index (κ2) is 7.45. The van der Waals surface area contributed by atoms with Crippen LogP contribution in [0.25, 0.3) is 0 Å². The first-order valence-corrected chi connectivity index (χ1v) is 5.62. The number of hydrogen-bond acceptors (Lipinski definition) is 2. The fourth-order valence-corrected chi connectivity index (χ4v) is 1.29. The molecule has 0 aliphatic carbocycles. The number of halogens is 17. The Kier molecular flexibility index (Phi) is 7.83. The fraction of sp³-hybridized carbons (Fsp3) is 0.889. The standard InChI is InChI=1S/C9HF17O2.Na/c10-2(11,1(27)28)3(12,13)4(14,15)5(16,17)6(18,19)7(20,21)8(22,23)9(24,25)26;/h(H,27,28);/q;+1/p-1. The molecular formula is C9F17NaO2. The number of rotatable bonds is 7. The second-order valence-corrected chi connectivity index (χ2v) is 4.81. The van der Waals surface area contributed by atoms with Gasteiger partial charge in [0.05, 0.1) is 0 Å². The fourth-order valence-electron chi connectivity index (χ4n) is 1.29. The van der Waals surface area contributed by atoms with Crippen LogP contribution in [0.5, 0.6) is 0 Å². The molecule has 0 saturated carbocycles. The van der Waals surface area contributed by atoms with Gasteiger partial charge < -0.3 is 9.90 Å². The first-order valence-electron chi connectivity index (χ1n) is 5.62. The average molecular weight is 486 g/mol. The molecule has 0 amide bonds. The van der Waals surface area contributed by atoms with E-state index in [1.165, 1.54) is 0 Å². The minimum Gasteiger partial charge on any atom is -0.544 e. The van der Waals surface area contributed by atoms with E-state index in [2.05, 4.69) is 0 Å². The summed E-state index contributed by atoms with van der Waals surface area (Å²) in [6.07, 6.45) is -7.84. The summed E-state index contributed by atoms with van der Waals surface area (Å²) in [6, 6.07) is 0. The van der Waals surface area contributed by atoms with Gasteiger partial charge in [0.1, 0.15) is 5.97 Å². The van der Waals surface area contributed by atoms with Crippen LogP contribution in [0, 0.1) is 0 Å². The molecule has 0 heterocycles. The van der Waals surface area contributed by atoms with Gasteiger partial charge in [-0.15, -0.1) is 0 Å². The number of carboxylic acids is 1. The van der Waals surface area contributed by atoms with Gasteiger partial charge in [-0.05, 0) is 0 Å². The van der Waals surface area contributed by atoms with Crippen LogP contribution in [-0.4, -0.2) is 53.6 Å². The summed E-state index contributed by atoms with van der Waals surface area (Å²) < 4.78 is 214. The minimum absolute atomic E-state index is 0. The van der Waals surface area contributed by atoms with Crippen molar-refractivity contribution in [2.24, 2.45) is 0 Å². The van der Waals surface area contributed by atoms with Crippen molar-refractivity contribution in [3.8, 4) is 0 Å². The van der Waals surface area contributed by atoms with Crippen LogP contribution in [-0.2, 0) is 4.79 Å². The number of carbonyl (C=O) groups is 1. The molecule has 0 N–H and O–H groups in total. The number of aliphatic carboxylic acids is 1. The molecule has 0 saturated heterocycles. The molecule has 0 atom stereocenters. The smallest absolute Gasteiger partial charge is 0.544 e. The number of carbonyl (C=O) groups excluding carboxylic acids is 1. The molecular weight excluding hydrogens is 486 g/mol. The zero-order valence-corrected chi connectivity index (χ0v) is 14.7. The summed E-state index contributed by atoms with van der Waals surface area (Å²) in [6.45, 7) is 0. The van der Waals surface area contributed by atoms with Crippen LogP contribution < -0.4 is 34.7 Å². The van der Waals surface area contributed by atoms with Crippen LogP contribution >= 0.6 is 0 Å². The summed E-state index contributed by atoms with van der Waals surface area (Å²) in [4.78, 5) is 9.65. The zero-order valence-electron chi connectivity index (χ0n) is 12.7. The van der Waals surface area contributed by atoms with E-state index >= 15 is 0 Å². The summed E-state index contributed by atoms with van der Waals surface area (Å²) in [7, 11) is 0. The third-order valence-corrected chi connectivity index (χ3v) is 2.98. The molecule has 0 spiro atoms. The molecule has 0 bridgehead atoms. The molecule has 20 heteroatoms. The van der Waals surface area contributed by atoms with E-state index in [1.807, 2.05) is 0 Å². The van der Waals surface area contributed by atoms with E-state index in [4.69, 9.17) is 0 Å². The van der Waals surface area contributed by atoms with Gasteiger partial charge in [0.25, 0.3) is 0 Å². The Balaban J connectivity index is 0. The van der Waals surface area contributed by atoms with Crippen LogP contribution in [0.15, 0.2) is 0 Å². The minimum atomic E-state index is -8.79. The van der Waals surface area contributed by atoms with Crippen LogP contribution in [0.4, 0.5) is 74.6 Å². The molecule has 29 heavy (non-hydrogen) atoms. The maximum absolute atomic E-state index is 13.0. The molecule has 0 aliphatic rings. The van der Waals surface area contributed by atoms with Gasteiger partial charge in [0.15, 0.2) is 0 Å². The van der Waals surface area contributed by atoms with Crippen molar-refractivity contribution in [1.29, 1.82) is 0 Å². The molecule has 168 valence electrons. The first-order chi connectivity index (χ1) is 11.7. The van der Waals surface area contributed by atoms with Gasteiger partial charge in [0, 0.05) is 0 Å². The van der Waals surface area contributed by atoms with E-state index in [9.17, 15) is 84.5 Å². The van der Waals surface area contributed by atoms with Gasteiger partial charge in [0.2, 0.25) is 0 Å². The van der Waals surface area contributed by atoms with Gasteiger partial charge in [-0.1, -0.05) is 0 Å². The third kappa shape index (κ3) is 3.74. The number of hydrogen-bond donors (Lipinski definition) is 0. The van der Waals surface area contributed by atoms with Crippen LogP contribution in [0.2, 0.25) is 0 Å². The molecule has 2 nitrogen and oxygen atoms in total. The molecule has 0 aromatic heterocycles.